The van der Waals surface area contributed by atoms with Crippen molar-refractivity contribution >= 4 is 12.0 Å². The van der Waals surface area contributed by atoms with Crippen molar-refractivity contribution in [2.24, 2.45) is 0 Å². The Morgan fingerprint density at radius 2 is 1.30 bits per heavy atom. The van der Waals surface area contributed by atoms with Crippen molar-refractivity contribution in [1.29, 1.82) is 0 Å². The summed E-state index contributed by atoms with van der Waals surface area (Å²) >= 11 is 0. The van der Waals surface area contributed by atoms with Crippen LogP contribution in [0.1, 0.15) is 19.8 Å². The van der Waals surface area contributed by atoms with Crippen LogP contribution in [0.25, 0.3) is 0 Å². The molecule has 0 aliphatic heterocycles. The number of amides is 2. The molecule has 0 aromatic carbocycles. The van der Waals surface area contributed by atoms with Gasteiger partial charge >= 0.3 is 6.09 Å². The number of carbonyl (C=O) groups excluding carboxylic acids is 1. The molecule has 0 bridgehead atoms. The van der Waals surface area contributed by atoms with Crippen LogP contribution >= 0.6 is 0 Å². The van der Waals surface area contributed by atoms with Gasteiger partial charge in [-0.1, -0.05) is 6.58 Å². The van der Waals surface area contributed by atoms with Crippen LogP contribution in [-0.4, -0.2) is 69.8 Å². The van der Waals surface area contributed by atoms with Gasteiger partial charge in [0.05, 0.1) is 26.4 Å². The number of hydrogen-bond donors (Lipinski definition) is 3. The Balaban J connectivity index is 3.09. The van der Waals surface area contributed by atoms with Crippen molar-refractivity contribution in [3.05, 3.63) is 12.2 Å². The molecule has 3 N–H and O–H groups in total. The fourth-order valence-corrected chi connectivity index (χ4v) is 1.44. The van der Waals surface area contributed by atoms with Crippen molar-refractivity contribution in [3.63, 3.8) is 0 Å². The van der Waals surface area contributed by atoms with Crippen LogP contribution < -0.4 is 10.6 Å². The Morgan fingerprint density at radius 3 is 1.74 bits per heavy atom. The van der Waals surface area contributed by atoms with Crippen LogP contribution in [0.4, 0.5) is 4.79 Å². The predicted octanol–water partition coefficient (Wildman–Crippen LogP) is 0.776. The van der Waals surface area contributed by atoms with Crippen LogP contribution in [0.5, 0.6) is 0 Å². The quantitative estimate of drug-likeness (QED) is 0.302. The fraction of sp³-hybridized carbons (Fsp3) is 0.733. The van der Waals surface area contributed by atoms with E-state index in [9.17, 15) is 9.59 Å². The molecule has 2 amide bonds. The zero-order valence-corrected chi connectivity index (χ0v) is 13.8. The average molecular weight is 332 g/mol. The Labute approximate surface area is 137 Å². The summed E-state index contributed by atoms with van der Waals surface area (Å²) in [5.74, 6) is -0.132. The Morgan fingerprint density at radius 1 is 0.870 bits per heavy atom. The van der Waals surface area contributed by atoms with Gasteiger partial charge in [-0.25, -0.2) is 4.79 Å². The van der Waals surface area contributed by atoms with Gasteiger partial charge in [0, 0.05) is 31.9 Å². The first kappa shape index (κ1) is 21.4. The first-order chi connectivity index (χ1) is 11.0. The standard InChI is InChI=1S/C15H28N2O6/c1-13(2)14(18)16-5-3-7-21-9-11-23-12-10-22-8-4-6-17-15(19)20/h17H,1,3-12H2,2H3,(H,16,18)(H,19,20). The lowest BCUT2D eigenvalue weighted by Gasteiger charge is -2.07. The van der Waals surface area contributed by atoms with Crippen LogP contribution in [0.3, 0.4) is 0 Å². The maximum absolute atomic E-state index is 11.2. The van der Waals surface area contributed by atoms with Crippen molar-refractivity contribution in [3.8, 4) is 0 Å². The van der Waals surface area contributed by atoms with E-state index in [-0.39, 0.29) is 5.91 Å². The van der Waals surface area contributed by atoms with Gasteiger partial charge in [-0.15, -0.1) is 0 Å². The summed E-state index contributed by atoms with van der Waals surface area (Å²) < 4.78 is 15.9. The molecule has 0 aromatic heterocycles. The molecule has 0 saturated carbocycles. The van der Waals surface area contributed by atoms with Gasteiger partial charge in [0.2, 0.25) is 5.91 Å². The molecule has 0 aliphatic carbocycles. The van der Waals surface area contributed by atoms with Gasteiger partial charge in [-0.05, 0) is 19.8 Å². The first-order valence-corrected chi connectivity index (χ1v) is 7.67. The molecular formula is C15H28N2O6. The Hall–Kier alpha value is -1.64. The summed E-state index contributed by atoms with van der Waals surface area (Å²) in [5, 5.41) is 13.3. The molecule has 0 aromatic rings. The van der Waals surface area contributed by atoms with Crippen molar-refractivity contribution in [2.75, 3.05) is 52.7 Å². The lowest BCUT2D eigenvalue weighted by atomic mass is 10.3. The molecule has 0 aliphatic rings. The monoisotopic (exact) mass is 332 g/mol. The minimum absolute atomic E-state index is 0.132. The van der Waals surface area contributed by atoms with E-state index in [0.29, 0.717) is 64.7 Å². The topological polar surface area (TPSA) is 106 Å². The smallest absolute Gasteiger partial charge is 0.404 e. The molecule has 0 heterocycles. The van der Waals surface area contributed by atoms with Crippen LogP contribution in [0, 0.1) is 0 Å². The normalized spacial score (nSPS) is 10.3. The van der Waals surface area contributed by atoms with E-state index in [2.05, 4.69) is 17.2 Å². The van der Waals surface area contributed by atoms with Crippen molar-refractivity contribution < 1.29 is 28.9 Å². The van der Waals surface area contributed by atoms with Gasteiger partial charge in [-0.2, -0.15) is 0 Å². The van der Waals surface area contributed by atoms with Gasteiger partial charge < -0.3 is 30.0 Å². The molecule has 8 nitrogen and oxygen atoms in total. The molecule has 0 unspecified atom stereocenters. The second-order valence-electron chi connectivity index (χ2n) is 4.81. The second-order valence-corrected chi connectivity index (χ2v) is 4.81. The molecule has 134 valence electrons. The van der Waals surface area contributed by atoms with Crippen molar-refractivity contribution in [2.45, 2.75) is 19.8 Å². The summed E-state index contributed by atoms with van der Waals surface area (Å²) in [5.41, 5.74) is 0.500. The van der Waals surface area contributed by atoms with E-state index in [0.717, 1.165) is 6.42 Å². The summed E-state index contributed by atoms with van der Waals surface area (Å²) in [6.07, 6.45) is 0.357. The highest BCUT2D eigenvalue weighted by atomic mass is 16.5. The van der Waals surface area contributed by atoms with Crippen LogP contribution in [0.2, 0.25) is 0 Å². The fourth-order valence-electron chi connectivity index (χ4n) is 1.44. The average Bonchev–Trinajstić information content (AvgIpc) is 2.50. The largest absolute Gasteiger partial charge is 0.465 e. The maximum Gasteiger partial charge on any atom is 0.404 e. The van der Waals surface area contributed by atoms with E-state index in [1.807, 2.05) is 0 Å². The van der Waals surface area contributed by atoms with E-state index in [1.54, 1.807) is 6.92 Å². The Bertz CT molecular complexity index is 349. The third kappa shape index (κ3) is 16.6. The zero-order valence-electron chi connectivity index (χ0n) is 13.8. The molecule has 23 heavy (non-hydrogen) atoms. The summed E-state index contributed by atoms with van der Waals surface area (Å²) in [4.78, 5) is 21.3. The van der Waals surface area contributed by atoms with Crippen molar-refractivity contribution in [1.82, 2.24) is 10.6 Å². The predicted molar refractivity (Wildman–Crippen MR) is 85.5 cm³/mol. The highest BCUT2D eigenvalue weighted by molar-refractivity contribution is 5.91. The van der Waals surface area contributed by atoms with Crippen LogP contribution in [-0.2, 0) is 19.0 Å². The number of carbonyl (C=O) groups is 2. The summed E-state index contributed by atoms with van der Waals surface area (Å²) in [7, 11) is 0. The van der Waals surface area contributed by atoms with Gasteiger partial charge in [0.15, 0.2) is 0 Å². The number of hydrogen-bond acceptors (Lipinski definition) is 5. The number of rotatable bonds is 15. The minimum atomic E-state index is -1.02. The van der Waals surface area contributed by atoms with Gasteiger partial charge in [0.1, 0.15) is 0 Å². The molecule has 0 spiro atoms. The third-order valence-corrected chi connectivity index (χ3v) is 2.62. The third-order valence-electron chi connectivity index (χ3n) is 2.62. The molecular weight excluding hydrogens is 304 g/mol. The Kier molecular flexibility index (Phi) is 14.2. The lowest BCUT2D eigenvalue weighted by Crippen LogP contribution is -2.25. The van der Waals surface area contributed by atoms with E-state index < -0.39 is 6.09 Å². The SMILES string of the molecule is C=C(C)C(=O)NCCCOCCOCCOCCCNC(=O)O. The van der Waals surface area contributed by atoms with Crippen LogP contribution in [0.15, 0.2) is 12.2 Å². The number of carboxylic acid groups (broad SMARTS) is 1. The van der Waals surface area contributed by atoms with Gasteiger partial charge in [0.25, 0.3) is 0 Å². The molecule has 8 heteroatoms. The van der Waals surface area contributed by atoms with E-state index in [1.165, 1.54) is 0 Å². The number of ether oxygens (including phenoxy) is 3. The molecule has 0 radical (unpaired) electrons. The maximum atomic E-state index is 11.2. The summed E-state index contributed by atoms with van der Waals surface area (Å²) in [6.45, 7) is 9.16. The lowest BCUT2D eigenvalue weighted by molar-refractivity contribution is -0.117. The highest BCUT2D eigenvalue weighted by Crippen LogP contribution is 1.88. The van der Waals surface area contributed by atoms with E-state index >= 15 is 0 Å². The number of nitrogens with one attached hydrogen (secondary N) is 2. The molecule has 0 rings (SSSR count). The minimum Gasteiger partial charge on any atom is -0.465 e. The molecule has 0 atom stereocenters. The molecule has 0 saturated heterocycles. The van der Waals surface area contributed by atoms with E-state index in [4.69, 9.17) is 19.3 Å². The molecule has 0 fully saturated rings. The zero-order chi connectivity index (χ0) is 17.3. The van der Waals surface area contributed by atoms with Gasteiger partial charge in [-0.3, -0.25) is 4.79 Å². The first-order valence-electron chi connectivity index (χ1n) is 7.67. The summed E-state index contributed by atoms with van der Waals surface area (Å²) in [6, 6.07) is 0. The highest BCUT2D eigenvalue weighted by Gasteiger charge is 1.99. The second kappa shape index (κ2) is 15.3.